The van der Waals surface area contributed by atoms with E-state index in [1.54, 1.807) is 0 Å². The van der Waals surface area contributed by atoms with Gasteiger partial charge in [-0.2, -0.15) is 0 Å². The molecule has 0 radical (unpaired) electrons. The summed E-state index contributed by atoms with van der Waals surface area (Å²) >= 11 is 0. The van der Waals surface area contributed by atoms with E-state index >= 15 is 0 Å². The molecule has 16 heavy (non-hydrogen) atoms. The second-order valence-electron chi connectivity index (χ2n) is 6.36. The maximum atomic E-state index is 6.21. The van der Waals surface area contributed by atoms with E-state index in [1.165, 1.54) is 31.7 Å². The number of hydrogen-bond donors (Lipinski definition) is 0. The van der Waals surface area contributed by atoms with E-state index in [0.717, 1.165) is 5.92 Å². The highest BCUT2D eigenvalue weighted by atomic mass is 28.4. The maximum absolute atomic E-state index is 6.21. The summed E-state index contributed by atoms with van der Waals surface area (Å²) in [6.45, 7) is 9.36. The molecule has 1 heterocycles. The Balaban J connectivity index is 1.69. The molecule has 1 aliphatic carbocycles. The van der Waals surface area contributed by atoms with Gasteiger partial charge in [-0.05, 0) is 57.4 Å². The molecule has 1 aliphatic heterocycles. The fourth-order valence-corrected chi connectivity index (χ4v) is 9.68. The van der Waals surface area contributed by atoms with E-state index in [4.69, 9.17) is 8.85 Å². The van der Waals surface area contributed by atoms with Crippen LogP contribution < -0.4 is 0 Å². The van der Waals surface area contributed by atoms with Gasteiger partial charge in [0, 0.05) is 0 Å². The number of fused-ring (bicyclic) bond motifs is 1. The zero-order valence-corrected chi connectivity index (χ0v) is 13.3. The van der Waals surface area contributed by atoms with Crippen LogP contribution in [0.5, 0.6) is 0 Å². The van der Waals surface area contributed by atoms with Crippen molar-refractivity contribution in [2.24, 2.45) is 5.92 Å². The van der Waals surface area contributed by atoms with Gasteiger partial charge in [-0.1, -0.05) is 6.42 Å². The van der Waals surface area contributed by atoms with Gasteiger partial charge in [-0.15, -0.1) is 0 Å². The van der Waals surface area contributed by atoms with Crippen molar-refractivity contribution in [3.63, 3.8) is 0 Å². The van der Waals surface area contributed by atoms with Crippen molar-refractivity contribution >= 4 is 17.4 Å². The Bertz CT molecular complexity index is 243. The zero-order valence-electron chi connectivity index (χ0n) is 11.2. The van der Waals surface area contributed by atoms with E-state index in [-0.39, 0.29) is 0 Å². The van der Waals surface area contributed by atoms with E-state index in [1.807, 2.05) is 0 Å². The third-order valence-electron chi connectivity index (χ3n) is 3.82. The maximum Gasteiger partial charge on any atom is 0.173 e. The first-order valence-corrected chi connectivity index (χ1v) is 12.7. The van der Waals surface area contributed by atoms with E-state index < -0.39 is 17.4 Å². The van der Waals surface area contributed by atoms with Crippen LogP contribution in [0.4, 0.5) is 0 Å². The Kier molecular flexibility index (Phi) is 3.94. The van der Waals surface area contributed by atoms with Crippen LogP contribution in [0.15, 0.2) is 0 Å². The predicted molar refractivity (Wildman–Crippen MR) is 72.9 cm³/mol. The summed E-state index contributed by atoms with van der Waals surface area (Å²) < 4.78 is 11.8. The number of rotatable bonds is 5. The van der Waals surface area contributed by atoms with Gasteiger partial charge >= 0.3 is 0 Å². The topological polar surface area (TPSA) is 21.8 Å². The molecule has 0 spiro atoms. The molecule has 2 rings (SSSR count). The lowest BCUT2D eigenvalue weighted by molar-refractivity contribution is 0.355. The lowest BCUT2D eigenvalue weighted by Crippen LogP contribution is -2.35. The van der Waals surface area contributed by atoms with Crippen molar-refractivity contribution in [1.82, 2.24) is 0 Å². The molecular weight excluding hydrogens is 232 g/mol. The summed E-state index contributed by atoms with van der Waals surface area (Å²) in [4.78, 5) is 0. The van der Waals surface area contributed by atoms with Crippen molar-refractivity contribution < 1.29 is 8.85 Å². The molecule has 0 amide bonds. The van der Waals surface area contributed by atoms with Gasteiger partial charge < -0.3 is 8.85 Å². The SMILES string of the molecule is C[SiH](C)O[Si](C)(C)CCC1CCC2OC2C1. The normalized spacial score (nSPS) is 33.9. The molecule has 2 aliphatic rings. The van der Waals surface area contributed by atoms with Gasteiger partial charge in [0.2, 0.25) is 0 Å². The van der Waals surface area contributed by atoms with Crippen LogP contribution in [0.3, 0.4) is 0 Å². The van der Waals surface area contributed by atoms with Crippen LogP contribution in [-0.2, 0) is 8.85 Å². The van der Waals surface area contributed by atoms with Crippen LogP contribution >= 0.6 is 0 Å². The first-order valence-electron chi connectivity index (χ1n) is 6.79. The number of epoxide rings is 1. The molecule has 1 saturated heterocycles. The highest BCUT2D eigenvalue weighted by Crippen LogP contribution is 2.41. The Hall–Kier alpha value is 0.354. The second kappa shape index (κ2) is 4.92. The fourth-order valence-electron chi connectivity index (χ4n) is 3.00. The van der Waals surface area contributed by atoms with Crippen LogP contribution in [-0.4, -0.2) is 29.6 Å². The molecule has 3 atom stereocenters. The Labute approximate surface area is 103 Å². The first kappa shape index (κ1) is 12.8. The third kappa shape index (κ3) is 3.69. The van der Waals surface area contributed by atoms with E-state index in [2.05, 4.69) is 26.2 Å². The van der Waals surface area contributed by atoms with Gasteiger partial charge in [0.05, 0.1) is 12.2 Å². The summed E-state index contributed by atoms with van der Waals surface area (Å²) in [5.41, 5.74) is 0. The molecule has 4 heteroatoms. The van der Waals surface area contributed by atoms with Crippen LogP contribution in [0.1, 0.15) is 25.7 Å². The largest absolute Gasteiger partial charge is 0.458 e. The monoisotopic (exact) mass is 258 g/mol. The molecule has 3 unspecified atom stereocenters. The average molecular weight is 259 g/mol. The van der Waals surface area contributed by atoms with Crippen molar-refractivity contribution in [3.05, 3.63) is 0 Å². The Morgan fingerprint density at radius 2 is 2.00 bits per heavy atom. The Morgan fingerprint density at radius 1 is 1.25 bits per heavy atom. The van der Waals surface area contributed by atoms with Crippen LogP contribution in [0, 0.1) is 5.92 Å². The van der Waals surface area contributed by atoms with Crippen LogP contribution in [0.2, 0.25) is 32.2 Å². The minimum absolute atomic E-state index is 0.643. The zero-order chi connectivity index (χ0) is 11.8. The lowest BCUT2D eigenvalue weighted by Gasteiger charge is -2.28. The molecular formula is C12H26O2Si2. The van der Waals surface area contributed by atoms with Gasteiger partial charge in [0.1, 0.15) is 0 Å². The molecule has 1 saturated carbocycles. The average Bonchev–Trinajstić information content (AvgIpc) is 2.90. The standard InChI is InChI=1S/C12H26O2Si2/c1-15(2)14-16(3,4)8-7-10-5-6-11-12(9-10)13-11/h10-12,15H,5-9H2,1-4H3. The third-order valence-corrected chi connectivity index (χ3v) is 9.75. The molecule has 0 aromatic carbocycles. The van der Waals surface area contributed by atoms with Crippen molar-refractivity contribution in [2.45, 2.75) is 70.1 Å². The highest BCUT2D eigenvalue weighted by molar-refractivity contribution is 6.77. The summed E-state index contributed by atoms with van der Waals surface area (Å²) in [5, 5.41) is 0. The molecule has 0 N–H and O–H groups in total. The van der Waals surface area contributed by atoms with E-state index in [0.29, 0.717) is 12.2 Å². The first-order chi connectivity index (χ1) is 7.46. The van der Waals surface area contributed by atoms with Gasteiger partial charge in [0.15, 0.2) is 17.4 Å². The quantitative estimate of drug-likeness (QED) is 0.558. The van der Waals surface area contributed by atoms with Crippen molar-refractivity contribution in [2.75, 3.05) is 0 Å². The Morgan fingerprint density at radius 3 is 2.62 bits per heavy atom. The summed E-state index contributed by atoms with van der Waals surface area (Å²) in [5.74, 6) is 0.924. The minimum Gasteiger partial charge on any atom is -0.458 e. The van der Waals surface area contributed by atoms with Gasteiger partial charge in [0.25, 0.3) is 0 Å². The molecule has 0 bridgehead atoms. The van der Waals surface area contributed by atoms with Crippen LogP contribution in [0.25, 0.3) is 0 Å². The smallest absolute Gasteiger partial charge is 0.173 e. The van der Waals surface area contributed by atoms with Gasteiger partial charge in [-0.3, -0.25) is 0 Å². The van der Waals surface area contributed by atoms with E-state index in [9.17, 15) is 0 Å². The predicted octanol–water partition coefficient (Wildman–Crippen LogP) is 3.15. The molecule has 2 fully saturated rings. The molecule has 0 aromatic heterocycles. The van der Waals surface area contributed by atoms with Crippen molar-refractivity contribution in [3.8, 4) is 0 Å². The number of hydrogen-bond acceptors (Lipinski definition) is 2. The highest BCUT2D eigenvalue weighted by Gasteiger charge is 2.43. The molecule has 2 nitrogen and oxygen atoms in total. The minimum atomic E-state index is -1.34. The fraction of sp³-hybridized carbons (Fsp3) is 1.00. The summed E-state index contributed by atoms with van der Waals surface area (Å²) in [6.07, 6.45) is 6.72. The second-order valence-corrected chi connectivity index (χ2v) is 13.4. The number of ether oxygens (including phenoxy) is 1. The lowest BCUT2D eigenvalue weighted by atomic mass is 9.88. The summed E-state index contributed by atoms with van der Waals surface area (Å²) in [6, 6.07) is 1.35. The molecule has 0 aromatic rings. The van der Waals surface area contributed by atoms with Gasteiger partial charge in [-0.25, -0.2) is 0 Å². The summed E-state index contributed by atoms with van der Waals surface area (Å²) in [7, 11) is -2.17. The van der Waals surface area contributed by atoms with Crippen molar-refractivity contribution in [1.29, 1.82) is 0 Å². The molecule has 94 valence electrons.